The quantitative estimate of drug-likeness (QED) is 0.801. The van der Waals surface area contributed by atoms with Crippen LogP contribution in [-0.2, 0) is 4.79 Å². The molecule has 0 fully saturated rings. The third-order valence-electron chi connectivity index (χ3n) is 3.79. The van der Waals surface area contributed by atoms with Gasteiger partial charge in [0.05, 0.1) is 7.11 Å². The Bertz CT molecular complexity index is 512. The Morgan fingerprint density at radius 3 is 2.30 bits per heavy atom. The second-order valence-corrected chi connectivity index (χ2v) is 6.04. The topological polar surface area (TPSA) is 58.6 Å². The number of hydrogen-bond acceptors (Lipinski definition) is 3. The van der Waals surface area contributed by atoms with Gasteiger partial charge in [0.1, 0.15) is 11.8 Å². The molecule has 0 aliphatic heterocycles. The Hall–Kier alpha value is -2.04. The van der Waals surface area contributed by atoms with Gasteiger partial charge in [-0.1, -0.05) is 27.2 Å². The van der Waals surface area contributed by atoms with Crippen molar-refractivity contribution in [2.45, 2.75) is 39.7 Å². The highest BCUT2D eigenvalue weighted by Crippen LogP contribution is 2.13. The van der Waals surface area contributed by atoms with Crippen molar-refractivity contribution in [3.05, 3.63) is 29.8 Å². The minimum absolute atomic E-state index is 0.0220. The van der Waals surface area contributed by atoms with Crippen LogP contribution in [-0.4, -0.2) is 43.5 Å². The molecule has 0 spiro atoms. The van der Waals surface area contributed by atoms with Gasteiger partial charge in [0.15, 0.2) is 0 Å². The summed E-state index contributed by atoms with van der Waals surface area (Å²) < 4.78 is 5.08. The van der Waals surface area contributed by atoms with E-state index in [1.807, 2.05) is 13.8 Å². The van der Waals surface area contributed by atoms with E-state index in [0.717, 1.165) is 12.8 Å². The average molecular weight is 320 g/mol. The van der Waals surface area contributed by atoms with Crippen LogP contribution >= 0.6 is 0 Å². The van der Waals surface area contributed by atoms with Crippen molar-refractivity contribution in [1.82, 2.24) is 10.2 Å². The van der Waals surface area contributed by atoms with E-state index in [2.05, 4.69) is 12.2 Å². The monoisotopic (exact) mass is 320 g/mol. The fraction of sp³-hybridized carbons (Fsp3) is 0.556. The number of unbranched alkanes of at least 4 members (excludes halogenated alkanes) is 1. The summed E-state index contributed by atoms with van der Waals surface area (Å²) in [6, 6.07) is 6.32. The molecule has 5 nitrogen and oxygen atoms in total. The molecule has 0 heterocycles. The maximum absolute atomic E-state index is 12.5. The van der Waals surface area contributed by atoms with Crippen LogP contribution < -0.4 is 10.1 Å². The highest BCUT2D eigenvalue weighted by atomic mass is 16.5. The van der Waals surface area contributed by atoms with Gasteiger partial charge in [0, 0.05) is 19.2 Å². The Morgan fingerprint density at radius 2 is 1.83 bits per heavy atom. The first-order chi connectivity index (χ1) is 10.9. The van der Waals surface area contributed by atoms with Crippen LogP contribution in [0.5, 0.6) is 5.75 Å². The summed E-state index contributed by atoms with van der Waals surface area (Å²) in [5.41, 5.74) is 0.514. The van der Waals surface area contributed by atoms with E-state index in [9.17, 15) is 9.59 Å². The molecule has 0 saturated carbocycles. The van der Waals surface area contributed by atoms with Crippen LogP contribution in [0.2, 0.25) is 0 Å². The maximum atomic E-state index is 12.5. The van der Waals surface area contributed by atoms with Crippen molar-refractivity contribution in [3.8, 4) is 5.75 Å². The molecule has 128 valence electrons. The molecular weight excluding hydrogens is 292 g/mol. The molecule has 1 aromatic carbocycles. The van der Waals surface area contributed by atoms with E-state index in [-0.39, 0.29) is 17.7 Å². The molecule has 0 aliphatic rings. The van der Waals surface area contributed by atoms with Gasteiger partial charge in [0.2, 0.25) is 5.91 Å². The van der Waals surface area contributed by atoms with E-state index >= 15 is 0 Å². The minimum atomic E-state index is -0.522. The summed E-state index contributed by atoms with van der Waals surface area (Å²) in [6.07, 6.45) is 1.99. The van der Waals surface area contributed by atoms with E-state index < -0.39 is 6.04 Å². The number of nitrogens with zero attached hydrogens (tertiary/aromatic N) is 1. The number of carbonyl (C=O) groups is 2. The van der Waals surface area contributed by atoms with Gasteiger partial charge in [-0.15, -0.1) is 0 Å². The van der Waals surface area contributed by atoms with Crippen LogP contribution in [0, 0.1) is 5.92 Å². The SMILES string of the molecule is CCCCN(C)C(=O)C(NC(=O)c1ccc(OC)cc1)C(C)C. The smallest absolute Gasteiger partial charge is 0.251 e. The van der Waals surface area contributed by atoms with E-state index in [4.69, 9.17) is 4.74 Å². The first-order valence-corrected chi connectivity index (χ1v) is 8.10. The average Bonchev–Trinajstić information content (AvgIpc) is 2.56. The molecule has 1 atom stereocenters. The van der Waals surface area contributed by atoms with Gasteiger partial charge in [-0.05, 0) is 36.6 Å². The number of carbonyl (C=O) groups excluding carboxylic acids is 2. The number of methoxy groups -OCH3 is 1. The largest absolute Gasteiger partial charge is 0.497 e. The molecule has 5 heteroatoms. The summed E-state index contributed by atoms with van der Waals surface area (Å²) in [4.78, 5) is 26.6. The van der Waals surface area contributed by atoms with Crippen LogP contribution in [0.15, 0.2) is 24.3 Å². The molecule has 1 N–H and O–H groups in total. The highest BCUT2D eigenvalue weighted by Gasteiger charge is 2.27. The van der Waals surface area contributed by atoms with Crippen molar-refractivity contribution in [2.75, 3.05) is 20.7 Å². The van der Waals surface area contributed by atoms with E-state index in [1.165, 1.54) is 0 Å². The zero-order valence-electron chi connectivity index (χ0n) is 14.8. The van der Waals surface area contributed by atoms with Crippen LogP contribution in [0.25, 0.3) is 0 Å². The van der Waals surface area contributed by atoms with Crippen LogP contribution in [0.1, 0.15) is 44.0 Å². The summed E-state index contributed by atoms with van der Waals surface area (Å²) in [5.74, 6) is 0.421. The van der Waals surface area contributed by atoms with Gasteiger partial charge in [0.25, 0.3) is 5.91 Å². The molecule has 2 amide bonds. The number of nitrogens with one attached hydrogen (secondary N) is 1. The fourth-order valence-corrected chi connectivity index (χ4v) is 2.22. The van der Waals surface area contributed by atoms with Crippen molar-refractivity contribution < 1.29 is 14.3 Å². The molecule has 1 unspecified atom stereocenters. The Balaban J connectivity index is 2.77. The Morgan fingerprint density at radius 1 is 1.22 bits per heavy atom. The Kier molecular flexibility index (Phi) is 7.59. The summed E-state index contributed by atoms with van der Waals surface area (Å²) in [6.45, 7) is 6.66. The zero-order chi connectivity index (χ0) is 17.4. The number of rotatable bonds is 8. The summed E-state index contributed by atoms with van der Waals surface area (Å²) >= 11 is 0. The lowest BCUT2D eigenvalue weighted by Gasteiger charge is -2.27. The third-order valence-corrected chi connectivity index (χ3v) is 3.79. The predicted molar refractivity (Wildman–Crippen MR) is 91.6 cm³/mol. The van der Waals surface area contributed by atoms with E-state index in [0.29, 0.717) is 17.9 Å². The first kappa shape index (κ1) is 19.0. The van der Waals surface area contributed by atoms with Crippen molar-refractivity contribution in [2.24, 2.45) is 5.92 Å². The van der Waals surface area contributed by atoms with Crippen molar-refractivity contribution >= 4 is 11.8 Å². The molecule has 1 rings (SSSR count). The van der Waals surface area contributed by atoms with Gasteiger partial charge < -0.3 is 15.0 Å². The van der Waals surface area contributed by atoms with Crippen molar-refractivity contribution in [1.29, 1.82) is 0 Å². The lowest BCUT2D eigenvalue weighted by atomic mass is 10.0. The van der Waals surface area contributed by atoms with Gasteiger partial charge in [-0.2, -0.15) is 0 Å². The predicted octanol–water partition coefficient (Wildman–Crippen LogP) is 2.71. The van der Waals surface area contributed by atoms with Gasteiger partial charge >= 0.3 is 0 Å². The number of likely N-dealkylation sites (N-methyl/N-ethyl adjacent to an activating group) is 1. The third kappa shape index (κ3) is 5.58. The molecule has 0 saturated heterocycles. The molecule has 23 heavy (non-hydrogen) atoms. The lowest BCUT2D eigenvalue weighted by molar-refractivity contribution is -0.133. The zero-order valence-corrected chi connectivity index (χ0v) is 14.8. The molecular formula is C18H28N2O3. The summed E-state index contributed by atoms with van der Waals surface area (Å²) in [5, 5.41) is 2.86. The number of ether oxygens (including phenoxy) is 1. The molecule has 0 bridgehead atoms. The number of amides is 2. The second kappa shape index (κ2) is 9.18. The number of benzene rings is 1. The van der Waals surface area contributed by atoms with Crippen LogP contribution in [0.3, 0.4) is 0 Å². The molecule has 0 aromatic heterocycles. The maximum Gasteiger partial charge on any atom is 0.251 e. The number of hydrogen-bond donors (Lipinski definition) is 1. The van der Waals surface area contributed by atoms with Gasteiger partial charge in [-0.25, -0.2) is 0 Å². The van der Waals surface area contributed by atoms with E-state index in [1.54, 1.807) is 43.3 Å². The molecule has 1 aromatic rings. The molecule has 0 radical (unpaired) electrons. The highest BCUT2D eigenvalue weighted by molar-refractivity contribution is 5.97. The van der Waals surface area contributed by atoms with Crippen molar-refractivity contribution in [3.63, 3.8) is 0 Å². The minimum Gasteiger partial charge on any atom is -0.497 e. The standard InChI is InChI=1S/C18H28N2O3/c1-6-7-12-20(4)18(22)16(13(2)3)19-17(21)14-8-10-15(23-5)11-9-14/h8-11,13,16H,6-7,12H2,1-5H3,(H,19,21). The van der Waals surface area contributed by atoms with Crippen LogP contribution in [0.4, 0.5) is 0 Å². The normalized spacial score (nSPS) is 11.9. The van der Waals surface area contributed by atoms with Gasteiger partial charge in [-0.3, -0.25) is 9.59 Å². The molecule has 0 aliphatic carbocycles. The Labute approximate surface area is 139 Å². The lowest BCUT2D eigenvalue weighted by Crippen LogP contribution is -2.50. The second-order valence-electron chi connectivity index (χ2n) is 6.04. The first-order valence-electron chi connectivity index (χ1n) is 8.10. The fourth-order valence-electron chi connectivity index (χ4n) is 2.22. The summed E-state index contributed by atoms with van der Waals surface area (Å²) in [7, 11) is 3.36.